The standard InChI is InChI=1S/C13H15N3O/c1-3-10-5-4-6-11(7-10)17-12-9(2)8-15-13(14)16-12/h4-8H,3H2,1-2H3,(H2,14,15,16). The van der Waals surface area contributed by atoms with Crippen LogP contribution in [0.25, 0.3) is 0 Å². The first-order valence-electron chi connectivity index (χ1n) is 5.55. The van der Waals surface area contributed by atoms with Gasteiger partial charge in [-0.2, -0.15) is 4.98 Å². The molecule has 0 radical (unpaired) electrons. The van der Waals surface area contributed by atoms with Crippen LogP contribution in [0.1, 0.15) is 18.1 Å². The summed E-state index contributed by atoms with van der Waals surface area (Å²) in [6.07, 6.45) is 2.63. The van der Waals surface area contributed by atoms with Gasteiger partial charge >= 0.3 is 0 Å². The normalized spacial score (nSPS) is 10.2. The zero-order valence-corrected chi connectivity index (χ0v) is 9.97. The molecule has 1 aromatic heterocycles. The fourth-order valence-corrected chi connectivity index (χ4v) is 1.48. The molecule has 2 aromatic rings. The molecule has 4 nitrogen and oxygen atoms in total. The van der Waals surface area contributed by atoms with Crippen LogP contribution in [0.5, 0.6) is 11.6 Å². The maximum Gasteiger partial charge on any atom is 0.226 e. The van der Waals surface area contributed by atoms with E-state index in [1.54, 1.807) is 6.20 Å². The van der Waals surface area contributed by atoms with Crippen LogP contribution in [0.4, 0.5) is 5.95 Å². The number of aryl methyl sites for hydroxylation is 2. The maximum absolute atomic E-state index is 5.70. The van der Waals surface area contributed by atoms with Crippen molar-refractivity contribution in [2.24, 2.45) is 0 Å². The van der Waals surface area contributed by atoms with E-state index in [9.17, 15) is 0 Å². The molecule has 17 heavy (non-hydrogen) atoms. The van der Waals surface area contributed by atoms with Crippen LogP contribution in [-0.4, -0.2) is 9.97 Å². The molecular formula is C13H15N3O. The molecule has 0 atom stereocenters. The molecule has 88 valence electrons. The van der Waals surface area contributed by atoms with Gasteiger partial charge in [0.1, 0.15) is 5.75 Å². The van der Waals surface area contributed by atoms with Crippen LogP contribution in [0.15, 0.2) is 30.5 Å². The summed E-state index contributed by atoms with van der Waals surface area (Å²) in [5.74, 6) is 1.49. The van der Waals surface area contributed by atoms with E-state index in [1.807, 2.05) is 25.1 Å². The Morgan fingerprint density at radius 1 is 1.35 bits per heavy atom. The molecule has 2 rings (SSSR count). The first-order chi connectivity index (χ1) is 8.19. The summed E-state index contributed by atoms with van der Waals surface area (Å²) in [6, 6.07) is 7.93. The van der Waals surface area contributed by atoms with Gasteiger partial charge in [0.15, 0.2) is 0 Å². The fourth-order valence-electron chi connectivity index (χ4n) is 1.48. The van der Waals surface area contributed by atoms with Crippen LogP contribution in [0.2, 0.25) is 0 Å². The van der Waals surface area contributed by atoms with Gasteiger partial charge in [0.2, 0.25) is 11.8 Å². The Labute approximate surface area is 100 Å². The van der Waals surface area contributed by atoms with Crippen molar-refractivity contribution >= 4 is 5.95 Å². The van der Waals surface area contributed by atoms with Crippen LogP contribution >= 0.6 is 0 Å². The van der Waals surface area contributed by atoms with E-state index in [-0.39, 0.29) is 5.95 Å². The van der Waals surface area contributed by atoms with Crippen molar-refractivity contribution in [3.05, 3.63) is 41.6 Å². The number of hydrogen-bond acceptors (Lipinski definition) is 4. The summed E-state index contributed by atoms with van der Waals surface area (Å²) in [4.78, 5) is 7.97. The Hall–Kier alpha value is -2.10. The minimum atomic E-state index is 0.220. The summed E-state index contributed by atoms with van der Waals surface area (Å²) in [6.45, 7) is 3.99. The van der Waals surface area contributed by atoms with Crippen molar-refractivity contribution in [2.45, 2.75) is 20.3 Å². The first kappa shape index (κ1) is 11.4. The fraction of sp³-hybridized carbons (Fsp3) is 0.231. The van der Waals surface area contributed by atoms with E-state index in [4.69, 9.17) is 10.5 Å². The number of ether oxygens (including phenoxy) is 1. The molecule has 2 N–H and O–H groups in total. The molecule has 4 heteroatoms. The van der Waals surface area contributed by atoms with Gasteiger partial charge in [-0.3, -0.25) is 0 Å². The summed E-state index contributed by atoms with van der Waals surface area (Å²) in [5.41, 5.74) is 7.62. The van der Waals surface area contributed by atoms with Crippen molar-refractivity contribution in [2.75, 3.05) is 5.73 Å². The molecular weight excluding hydrogens is 214 g/mol. The number of aromatic nitrogens is 2. The molecule has 0 fully saturated rings. The van der Waals surface area contributed by atoms with Crippen LogP contribution in [0, 0.1) is 6.92 Å². The highest BCUT2D eigenvalue weighted by molar-refractivity contribution is 5.35. The average Bonchev–Trinajstić information content (AvgIpc) is 2.34. The van der Waals surface area contributed by atoms with E-state index < -0.39 is 0 Å². The van der Waals surface area contributed by atoms with Gasteiger partial charge < -0.3 is 10.5 Å². The lowest BCUT2D eigenvalue weighted by Crippen LogP contribution is -1.99. The number of nitrogen functional groups attached to an aromatic ring is 1. The topological polar surface area (TPSA) is 61.0 Å². The molecule has 0 spiro atoms. The lowest BCUT2D eigenvalue weighted by molar-refractivity contribution is 0.458. The first-order valence-corrected chi connectivity index (χ1v) is 5.55. The SMILES string of the molecule is CCc1cccc(Oc2nc(N)ncc2C)c1. The third kappa shape index (κ3) is 2.72. The van der Waals surface area contributed by atoms with Crippen molar-refractivity contribution in [3.63, 3.8) is 0 Å². The van der Waals surface area contributed by atoms with Gasteiger partial charge in [-0.15, -0.1) is 0 Å². The quantitative estimate of drug-likeness (QED) is 0.879. The molecule has 0 aliphatic rings. The van der Waals surface area contributed by atoms with E-state index >= 15 is 0 Å². The lowest BCUT2D eigenvalue weighted by Gasteiger charge is -2.08. The van der Waals surface area contributed by atoms with Gasteiger partial charge in [-0.25, -0.2) is 4.98 Å². The van der Waals surface area contributed by atoms with Crippen LogP contribution < -0.4 is 10.5 Å². The van der Waals surface area contributed by atoms with Crippen molar-refractivity contribution < 1.29 is 4.74 Å². The smallest absolute Gasteiger partial charge is 0.226 e. The molecule has 0 aliphatic heterocycles. The summed E-state index contributed by atoms with van der Waals surface area (Å²) < 4.78 is 5.70. The minimum absolute atomic E-state index is 0.220. The summed E-state index contributed by atoms with van der Waals surface area (Å²) in [5, 5.41) is 0. The van der Waals surface area contributed by atoms with Crippen LogP contribution in [0.3, 0.4) is 0 Å². The number of hydrogen-bond donors (Lipinski definition) is 1. The third-order valence-corrected chi connectivity index (χ3v) is 2.47. The minimum Gasteiger partial charge on any atom is -0.439 e. The lowest BCUT2D eigenvalue weighted by atomic mass is 10.2. The zero-order valence-electron chi connectivity index (χ0n) is 9.97. The van der Waals surface area contributed by atoms with Crippen molar-refractivity contribution in [3.8, 4) is 11.6 Å². The molecule has 0 unspecified atom stereocenters. The number of benzene rings is 1. The zero-order chi connectivity index (χ0) is 12.3. The van der Waals surface area contributed by atoms with E-state index in [0.29, 0.717) is 5.88 Å². The summed E-state index contributed by atoms with van der Waals surface area (Å²) in [7, 11) is 0. The maximum atomic E-state index is 5.70. The Balaban J connectivity index is 2.27. The highest BCUT2D eigenvalue weighted by Crippen LogP contribution is 2.23. The second-order valence-corrected chi connectivity index (χ2v) is 3.82. The number of rotatable bonds is 3. The Morgan fingerprint density at radius 3 is 2.94 bits per heavy atom. The second-order valence-electron chi connectivity index (χ2n) is 3.82. The third-order valence-electron chi connectivity index (χ3n) is 2.47. The van der Waals surface area contributed by atoms with Crippen molar-refractivity contribution in [1.82, 2.24) is 9.97 Å². The highest BCUT2D eigenvalue weighted by Gasteiger charge is 2.05. The molecule has 1 heterocycles. The molecule has 0 saturated heterocycles. The van der Waals surface area contributed by atoms with Crippen LogP contribution in [-0.2, 0) is 6.42 Å². The number of anilines is 1. The van der Waals surface area contributed by atoms with Gasteiger partial charge in [-0.1, -0.05) is 19.1 Å². The second kappa shape index (κ2) is 4.82. The molecule has 0 aliphatic carbocycles. The number of nitrogens with zero attached hydrogens (tertiary/aromatic N) is 2. The Kier molecular flexibility index (Phi) is 3.23. The van der Waals surface area contributed by atoms with E-state index in [1.165, 1.54) is 5.56 Å². The Morgan fingerprint density at radius 2 is 2.18 bits per heavy atom. The van der Waals surface area contributed by atoms with E-state index in [2.05, 4.69) is 23.0 Å². The molecule has 1 aromatic carbocycles. The molecule has 0 amide bonds. The summed E-state index contributed by atoms with van der Waals surface area (Å²) >= 11 is 0. The predicted molar refractivity (Wildman–Crippen MR) is 67.1 cm³/mol. The van der Waals surface area contributed by atoms with Gasteiger partial charge in [0.05, 0.1) is 0 Å². The van der Waals surface area contributed by atoms with Gasteiger partial charge in [-0.05, 0) is 31.0 Å². The number of nitrogens with two attached hydrogens (primary N) is 1. The Bertz CT molecular complexity index is 526. The average molecular weight is 229 g/mol. The highest BCUT2D eigenvalue weighted by atomic mass is 16.5. The van der Waals surface area contributed by atoms with E-state index in [0.717, 1.165) is 17.7 Å². The molecule has 0 bridgehead atoms. The predicted octanol–water partition coefficient (Wildman–Crippen LogP) is 2.72. The largest absolute Gasteiger partial charge is 0.439 e. The van der Waals surface area contributed by atoms with Crippen molar-refractivity contribution in [1.29, 1.82) is 0 Å². The monoisotopic (exact) mass is 229 g/mol. The van der Waals surface area contributed by atoms with Gasteiger partial charge in [0.25, 0.3) is 0 Å². The molecule has 0 saturated carbocycles. The van der Waals surface area contributed by atoms with Gasteiger partial charge in [0, 0.05) is 11.8 Å².